The second kappa shape index (κ2) is 4.51. The quantitative estimate of drug-likeness (QED) is 0.880. The topological polar surface area (TPSA) is 60.2 Å². The van der Waals surface area contributed by atoms with E-state index >= 15 is 0 Å². The molecule has 0 amide bonds. The molecule has 0 bridgehead atoms. The number of aromatic nitrogens is 3. The Bertz CT molecular complexity index is 499. The minimum absolute atomic E-state index is 0.177. The van der Waals surface area contributed by atoms with Crippen LogP contribution in [-0.2, 0) is 6.61 Å². The van der Waals surface area contributed by atoms with E-state index in [4.69, 9.17) is 21.4 Å². The van der Waals surface area contributed by atoms with Crippen molar-refractivity contribution in [3.8, 4) is 11.4 Å². The lowest BCUT2D eigenvalue weighted by Crippen LogP contribution is -2.00. The Balaban J connectivity index is 2.45. The Kier molecular flexibility index (Phi) is 3.07. The monoisotopic (exact) mass is 239 g/mol. The van der Waals surface area contributed by atoms with Gasteiger partial charge in [0.05, 0.1) is 17.8 Å². The molecule has 16 heavy (non-hydrogen) atoms. The number of aliphatic hydroxyl groups excluding tert-OH is 1. The SMILES string of the molecule is COc1ccc(-n2cnnc2CO)cc1Cl. The summed E-state index contributed by atoms with van der Waals surface area (Å²) in [6.45, 7) is -0.177. The molecule has 0 atom stereocenters. The zero-order valence-electron chi connectivity index (χ0n) is 8.59. The lowest BCUT2D eigenvalue weighted by molar-refractivity contribution is 0.269. The summed E-state index contributed by atoms with van der Waals surface area (Å²) >= 11 is 6.00. The molecule has 1 aromatic heterocycles. The summed E-state index contributed by atoms with van der Waals surface area (Å²) in [5, 5.41) is 17.0. The van der Waals surface area contributed by atoms with Gasteiger partial charge in [0.2, 0.25) is 0 Å². The van der Waals surface area contributed by atoms with E-state index in [1.165, 1.54) is 6.33 Å². The molecule has 0 spiro atoms. The summed E-state index contributed by atoms with van der Waals surface area (Å²) in [4.78, 5) is 0. The highest BCUT2D eigenvalue weighted by Gasteiger charge is 2.07. The van der Waals surface area contributed by atoms with Crippen LogP contribution < -0.4 is 4.74 Å². The molecular formula is C10H10ClN3O2. The number of halogens is 1. The number of aliphatic hydroxyl groups is 1. The van der Waals surface area contributed by atoms with Crippen LogP contribution in [0.15, 0.2) is 24.5 Å². The summed E-state index contributed by atoms with van der Waals surface area (Å²) < 4.78 is 6.71. The van der Waals surface area contributed by atoms with Crippen LogP contribution >= 0.6 is 11.6 Å². The van der Waals surface area contributed by atoms with Crippen molar-refractivity contribution in [3.63, 3.8) is 0 Å². The number of hydrogen-bond acceptors (Lipinski definition) is 4. The Hall–Kier alpha value is -1.59. The number of ether oxygens (including phenoxy) is 1. The van der Waals surface area contributed by atoms with Crippen molar-refractivity contribution in [2.24, 2.45) is 0 Å². The van der Waals surface area contributed by atoms with Gasteiger partial charge in [-0.2, -0.15) is 0 Å². The molecular weight excluding hydrogens is 230 g/mol. The molecule has 0 unspecified atom stereocenters. The second-order valence-electron chi connectivity index (χ2n) is 3.09. The van der Waals surface area contributed by atoms with Crippen molar-refractivity contribution in [1.29, 1.82) is 0 Å². The minimum atomic E-state index is -0.177. The number of nitrogens with zero attached hydrogens (tertiary/aromatic N) is 3. The van der Waals surface area contributed by atoms with Gasteiger partial charge in [-0.3, -0.25) is 4.57 Å². The van der Waals surface area contributed by atoms with Gasteiger partial charge in [-0.1, -0.05) is 11.6 Å². The maximum Gasteiger partial charge on any atom is 0.163 e. The molecule has 0 fully saturated rings. The Labute approximate surface area is 97.3 Å². The molecule has 0 saturated heterocycles. The largest absolute Gasteiger partial charge is 0.495 e. The van der Waals surface area contributed by atoms with Gasteiger partial charge in [-0.15, -0.1) is 10.2 Å². The molecule has 6 heteroatoms. The molecule has 0 saturated carbocycles. The highest BCUT2D eigenvalue weighted by molar-refractivity contribution is 6.32. The summed E-state index contributed by atoms with van der Waals surface area (Å²) in [7, 11) is 1.55. The molecule has 1 N–H and O–H groups in total. The molecule has 2 rings (SSSR count). The summed E-state index contributed by atoms with van der Waals surface area (Å²) in [6.07, 6.45) is 1.52. The average molecular weight is 240 g/mol. The first-order valence-corrected chi connectivity index (χ1v) is 4.97. The van der Waals surface area contributed by atoms with E-state index in [-0.39, 0.29) is 6.61 Å². The third kappa shape index (κ3) is 1.87. The Morgan fingerprint density at radius 3 is 2.94 bits per heavy atom. The smallest absolute Gasteiger partial charge is 0.163 e. The van der Waals surface area contributed by atoms with E-state index in [9.17, 15) is 0 Å². The van der Waals surface area contributed by atoms with Gasteiger partial charge in [0.25, 0.3) is 0 Å². The fraction of sp³-hybridized carbons (Fsp3) is 0.200. The predicted molar refractivity (Wildman–Crippen MR) is 58.8 cm³/mol. The van der Waals surface area contributed by atoms with Gasteiger partial charge in [-0.05, 0) is 18.2 Å². The average Bonchev–Trinajstić information content (AvgIpc) is 2.77. The molecule has 0 aliphatic rings. The fourth-order valence-corrected chi connectivity index (χ4v) is 1.64. The first-order chi connectivity index (χ1) is 7.76. The molecule has 5 nitrogen and oxygen atoms in total. The van der Waals surface area contributed by atoms with E-state index in [2.05, 4.69) is 10.2 Å². The third-order valence-corrected chi connectivity index (χ3v) is 2.47. The van der Waals surface area contributed by atoms with Crippen molar-refractivity contribution in [1.82, 2.24) is 14.8 Å². The van der Waals surface area contributed by atoms with Gasteiger partial charge in [0, 0.05) is 0 Å². The van der Waals surface area contributed by atoms with E-state index in [0.717, 1.165) is 5.69 Å². The maximum absolute atomic E-state index is 9.06. The van der Waals surface area contributed by atoms with Crippen LogP contribution in [0.2, 0.25) is 5.02 Å². The van der Waals surface area contributed by atoms with Crippen LogP contribution in [0.4, 0.5) is 0 Å². The van der Waals surface area contributed by atoms with Crippen LogP contribution in [-0.4, -0.2) is 27.0 Å². The van der Waals surface area contributed by atoms with Crippen LogP contribution in [0.5, 0.6) is 5.75 Å². The van der Waals surface area contributed by atoms with Crippen LogP contribution in [0, 0.1) is 0 Å². The molecule has 0 aliphatic carbocycles. The van der Waals surface area contributed by atoms with Gasteiger partial charge >= 0.3 is 0 Å². The van der Waals surface area contributed by atoms with Crippen molar-refractivity contribution in [2.45, 2.75) is 6.61 Å². The Morgan fingerprint density at radius 2 is 2.31 bits per heavy atom. The Morgan fingerprint density at radius 1 is 1.50 bits per heavy atom. The zero-order chi connectivity index (χ0) is 11.5. The van der Waals surface area contributed by atoms with Crippen molar-refractivity contribution < 1.29 is 9.84 Å². The summed E-state index contributed by atoms with van der Waals surface area (Å²) in [6, 6.07) is 5.29. The maximum atomic E-state index is 9.06. The summed E-state index contributed by atoms with van der Waals surface area (Å²) in [5.41, 5.74) is 0.778. The summed E-state index contributed by atoms with van der Waals surface area (Å²) in [5.74, 6) is 1.06. The van der Waals surface area contributed by atoms with E-state index in [0.29, 0.717) is 16.6 Å². The van der Waals surface area contributed by atoms with E-state index < -0.39 is 0 Å². The van der Waals surface area contributed by atoms with Crippen molar-refractivity contribution in [3.05, 3.63) is 35.4 Å². The van der Waals surface area contributed by atoms with Gasteiger partial charge in [0.15, 0.2) is 5.82 Å². The van der Waals surface area contributed by atoms with E-state index in [1.54, 1.807) is 23.8 Å². The van der Waals surface area contributed by atoms with Crippen LogP contribution in [0.1, 0.15) is 5.82 Å². The van der Waals surface area contributed by atoms with Crippen molar-refractivity contribution >= 4 is 11.6 Å². The molecule has 1 heterocycles. The first kappa shape index (κ1) is 10.9. The highest BCUT2D eigenvalue weighted by Crippen LogP contribution is 2.26. The van der Waals surface area contributed by atoms with Gasteiger partial charge in [0.1, 0.15) is 18.7 Å². The molecule has 1 aromatic carbocycles. The number of hydrogen-bond donors (Lipinski definition) is 1. The zero-order valence-corrected chi connectivity index (χ0v) is 9.35. The minimum Gasteiger partial charge on any atom is -0.495 e. The normalized spacial score (nSPS) is 10.4. The molecule has 84 valence electrons. The van der Waals surface area contributed by atoms with Crippen molar-refractivity contribution in [2.75, 3.05) is 7.11 Å². The second-order valence-corrected chi connectivity index (χ2v) is 3.50. The van der Waals surface area contributed by atoms with Crippen LogP contribution in [0.25, 0.3) is 5.69 Å². The van der Waals surface area contributed by atoms with E-state index in [1.807, 2.05) is 6.07 Å². The molecule has 0 radical (unpaired) electrons. The highest BCUT2D eigenvalue weighted by atomic mass is 35.5. The first-order valence-electron chi connectivity index (χ1n) is 4.60. The number of methoxy groups -OCH3 is 1. The fourth-order valence-electron chi connectivity index (χ4n) is 1.39. The standard InChI is InChI=1S/C10H10ClN3O2/c1-16-9-3-2-7(4-8(9)11)14-6-12-13-10(14)5-15/h2-4,6,15H,5H2,1H3. The number of rotatable bonds is 3. The third-order valence-electron chi connectivity index (χ3n) is 2.17. The van der Waals surface area contributed by atoms with Gasteiger partial charge < -0.3 is 9.84 Å². The van der Waals surface area contributed by atoms with Crippen LogP contribution in [0.3, 0.4) is 0 Å². The lowest BCUT2D eigenvalue weighted by atomic mass is 10.3. The number of benzene rings is 1. The molecule has 0 aliphatic heterocycles. The lowest BCUT2D eigenvalue weighted by Gasteiger charge is -2.07. The van der Waals surface area contributed by atoms with Gasteiger partial charge in [-0.25, -0.2) is 0 Å². The molecule has 2 aromatic rings. The predicted octanol–water partition coefficient (Wildman–Crippen LogP) is 1.42.